The molecule has 0 aromatic heterocycles. The summed E-state index contributed by atoms with van der Waals surface area (Å²) in [5, 5.41) is 13.7. The lowest BCUT2D eigenvalue weighted by Crippen LogP contribution is -2.40. The largest absolute Gasteiger partial charge is 0.389 e. The van der Waals surface area contributed by atoms with Gasteiger partial charge in [-0.3, -0.25) is 0 Å². The minimum absolute atomic E-state index is 0.649. The Morgan fingerprint density at radius 2 is 2.00 bits per heavy atom. The van der Waals surface area contributed by atoms with E-state index >= 15 is 0 Å². The van der Waals surface area contributed by atoms with Gasteiger partial charge in [-0.25, -0.2) is 0 Å². The minimum atomic E-state index is -0.649. The zero-order valence-electron chi connectivity index (χ0n) is 11.1. The lowest BCUT2D eigenvalue weighted by atomic mass is 9.94. The van der Waals surface area contributed by atoms with E-state index in [2.05, 4.69) is 37.4 Å². The van der Waals surface area contributed by atoms with Gasteiger partial charge in [-0.05, 0) is 50.3 Å². The topological polar surface area (TPSA) is 32.3 Å². The van der Waals surface area contributed by atoms with Crippen LogP contribution in [0, 0.1) is 13.8 Å². The van der Waals surface area contributed by atoms with E-state index in [4.69, 9.17) is 0 Å². The molecule has 1 aliphatic rings. The third-order valence-corrected chi connectivity index (χ3v) is 3.51. The zero-order chi connectivity index (χ0) is 12.5. The average molecular weight is 233 g/mol. The molecule has 0 bridgehead atoms. The lowest BCUT2D eigenvalue weighted by molar-refractivity contribution is 0.0597. The molecule has 1 unspecified atom stereocenters. The molecule has 0 spiro atoms. The van der Waals surface area contributed by atoms with Crippen LogP contribution in [0.5, 0.6) is 0 Å². The summed E-state index contributed by atoms with van der Waals surface area (Å²) in [6, 6.07) is 7.09. The van der Waals surface area contributed by atoms with Crippen LogP contribution in [0.2, 0.25) is 0 Å². The Labute approximate surface area is 104 Å². The molecule has 94 valence electrons. The monoisotopic (exact) mass is 233 g/mol. The van der Waals surface area contributed by atoms with Gasteiger partial charge in [0.1, 0.15) is 0 Å². The van der Waals surface area contributed by atoms with Crippen LogP contribution in [0.4, 0.5) is 0 Å². The van der Waals surface area contributed by atoms with E-state index in [-0.39, 0.29) is 0 Å². The second kappa shape index (κ2) is 4.79. The molecule has 17 heavy (non-hydrogen) atoms. The van der Waals surface area contributed by atoms with E-state index in [0.717, 1.165) is 0 Å². The molecule has 0 saturated heterocycles. The van der Waals surface area contributed by atoms with Gasteiger partial charge in [0.05, 0.1) is 5.60 Å². The lowest BCUT2D eigenvalue weighted by Gasteiger charge is -2.24. The van der Waals surface area contributed by atoms with E-state index in [1.54, 1.807) is 0 Å². The molecule has 1 aliphatic carbocycles. The quantitative estimate of drug-likeness (QED) is 0.818. The molecular weight excluding hydrogens is 210 g/mol. The Balaban J connectivity index is 1.94. The molecule has 2 heteroatoms. The van der Waals surface area contributed by atoms with Gasteiger partial charge in [-0.15, -0.1) is 0 Å². The highest BCUT2D eigenvalue weighted by atomic mass is 16.3. The molecule has 0 heterocycles. The Hall–Kier alpha value is -0.860. The van der Waals surface area contributed by atoms with E-state index in [1.807, 2.05) is 6.92 Å². The van der Waals surface area contributed by atoms with E-state index in [1.165, 1.54) is 29.5 Å². The number of benzene rings is 1. The van der Waals surface area contributed by atoms with Crippen LogP contribution in [0.15, 0.2) is 18.2 Å². The van der Waals surface area contributed by atoms with Crippen molar-refractivity contribution in [2.75, 3.05) is 6.54 Å². The van der Waals surface area contributed by atoms with Gasteiger partial charge in [0.25, 0.3) is 0 Å². The van der Waals surface area contributed by atoms with Crippen LogP contribution in [-0.4, -0.2) is 23.3 Å². The number of nitrogens with one attached hydrogen (secondary N) is 1. The number of rotatable bonds is 5. The molecule has 1 saturated carbocycles. The van der Waals surface area contributed by atoms with Crippen molar-refractivity contribution >= 4 is 0 Å². The molecule has 1 aromatic carbocycles. The molecule has 1 aromatic rings. The molecule has 0 aliphatic heterocycles. The Morgan fingerprint density at radius 1 is 1.29 bits per heavy atom. The number of hydrogen-bond donors (Lipinski definition) is 2. The number of aryl methyl sites for hydroxylation is 2. The van der Waals surface area contributed by atoms with Crippen molar-refractivity contribution in [3.63, 3.8) is 0 Å². The summed E-state index contributed by atoms with van der Waals surface area (Å²) in [6.45, 7) is 6.84. The predicted octanol–water partition coefficient (Wildman–Crippen LogP) is 2.35. The molecule has 0 amide bonds. The smallest absolute Gasteiger partial charge is 0.0783 e. The summed E-state index contributed by atoms with van der Waals surface area (Å²) >= 11 is 0. The Bertz CT molecular complexity index is 394. The van der Waals surface area contributed by atoms with Crippen LogP contribution in [0.1, 0.15) is 36.5 Å². The highest BCUT2D eigenvalue weighted by molar-refractivity contribution is 5.30. The maximum Gasteiger partial charge on any atom is 0.0783 e. The van der Waals surface area contributed by atoms with E-state index in [9.17, 15) is 5.11 Å². The van der Waals surface area contributed by atoms with Gasteiger partial charge in [0.15, 0.2) is 0 Å². The fraction of sp³-hybridized carbons (Fsp3) is 0.600. The van der Waals surface area contributed by atoms with Gasteiger partial charge >= 0.3 is 0 Å². The third-order valence-electron chi connectivity index (χ3n) is 3.51. The maximum absolute atomic E-state index is 10.3. The fourth-order valence-electron chi connectivity index (χ4n) is 2.07. The van der Waals surface area contributed by atoms with Gasteiger partial charge in [-0.2, -0.15) is 0 Å². The van der Waals surface area contributed by atoms with Crippen molar-refractivity contribution in [1.29, 1.82) is 0 Å². The van der Waals surface area contributed by atoms with Gasteiger partial charge in [-0.1, -0.05) is 18.2 Å². The molecule has 1 atom stereocenters. The molecular formula is C15H23NO. The summed E-state index contributed by atoms with van der Waals surface area (Å²) in [6.07, 6.45) is 3.24. The van der Waals surface area contributed by atoms with Crippen molar-refractivity contribution in [2.24, 2.45) is 0 Å². The van der Waals surface area contributed by atoms with E-state index in [0.29, 0.717) is 19.0 Å². The fourth-order valence-corrected chi connectivity index (χ4v) is 2.07. The van der Waals surface area contributed by atoms with Gasteiger partial charge < -0.3 is 10.4 Å². The predicted molar refractivity (Wildman–Crippen MR) is 71.3 cm³/mol. The second-order valence-corrected chi connectivity index (χ2v) is 5.75. The van der Waals surface area contributed by atoms with E-state index < -0.39 is 5.60 Å². The standard InChI is InChI=1S/C15H23NO/c1-11-4-5-13(8-12(11)2)9-15(3,17)10-16-14-6-7-14/h4-5,8,14,16-17H,6-7,9-10H2,1-3H3. The molecule has 1 fully saturated rings. The van der Waals surface area contributed by atoms with Gasteiger partial charge in [0, 0.05) is 19.0 Å². The SMILES string of the molecule is Cc1ccc(CC(C)(O)CNC2CC2)cc1C. The summed E-state index contributed by atoms with van der Waals surface area (Å²) in [5.74, 6) is 0. The minimum Gasteiger partial charge on any atom is -0.389 e. The summed E-state index contributed by atoms with van der Waals surface area (Å²) < 4.78 is 0. The van der Waals surface area contributed by atoms with Crippen LogP contribution >= 0.6 is 0 Å². The average Bonchev–Trinajstić information content (AvgIpc) is 3.04. The van der Waals surface area contributed by atoms with Crippen molar-refractivity contribution in [1.82, 2.24) is 5.32 Å². The van der Waals surface area contributed by atoms with Crippen LogP contribution in [0.25, 0.3) is 0 Å². The third kappa shape index (κ3) is 3.83. The second-order valence-electron chi connectivity index (χ2n) is 5.75. The normalized spacial score (nSPS) is 19.1. The maximum atomic E-state index is 10.3. The highest BCUT2D eigenvalue weighted by Crippen LogP contribution is 2.21. The number of hydrogen-bond acceptors (Lipinski definition) is 2. The molecule has 2 N–H and O–H groups in total. The summed E-state index contributed by atoms with van der Waals surface area (Å²) in [4.78, 5) is 0. The Morgan fingerprint density at radius 3 is 2.59 bits per heavy atom. The first-order valence-electron chi connectivity index (χ1n) is 6.48. The first kappa shape index (κ1) is 12.6. The van der Waals surface area contributed by atoms with Gasteiger partial charge in [0.2, 0.25) is 0 Å². The summed E-state index contributed by atoms with van der Waals surface area (Å²) in [7, 11) is 0. The first-order valence-corrected chi connectivity index (χ1v) is 6.48. The van der Waals surface area contributed by atoms with Crippen LogP contribution in [-0.2, 0) is 6.42 Å². The molecule has 2 nitrogen and oxygen atoms in total. The molecule has 0 radical (unpaired) electrons. The van der Waals surface area contributed by atoms with Crippen LogP contribution in [0.3, 0.4) is 0 Å². The summed E-state index contributed by atoms with van der Waals surface area (Å²) in [5.41, 5.74) is 3.18. The highest BCUT2D eigenvalue weighted by Gasteiger charge is 2.26. The molecule has 2 rings (SSSR count). The van der Waals surface area contributed by atoms with Crippen molar-refractivity contribution in [3.8, 4) is 0 Å². The van der Waals surface area contributed by atoms with Crippen LogP contribution < -0.4 is 5.32 Å². The first-order chi connectivity index (χ1) is 7.96. The van der Waals surface area contributed by atoms with Crippen molar-refractivity contribution in [3.05, 3.63) is 34.9 Å². The zero-order valence-corrected chi connectivity index (χ0v) is 11.1. The number of aliphatic hydroxyl groups is 1. The van der Waals surface area contributed by atoms with Crippen molar-refractivity contribution < 1.29 is 5.11 Å². The van der Waals surface area contributed by atoms with Crippen molar-refractivity contribution in [2.45, 2.75) is 51.7 Å². The Kier molecular flexibility index (Phi) is 3.55.